The van der Waals surface area contributed by atoms with E-state index in [0.717, 1.165) is 25.8 Å². The fraction of sp³-hybridized carbons (Fsp3) is 0.733. The average molecular weight is 253 g/mol. The second-order valence-corrected chi connectivity index (χ2v) is 5.46. The van der Waals surface area contributed by atoms with Crippen molar-refractivity contribution in [2.75, 3.05) is 13.6 Å². The van der Waals surface area contributed by atoms with Crippen molar-refractivity contribution in [2.45, 2.75) is 47.0 Å². The maximum absolute atomic E-state index is 11.6. The first kappa shape index (κ1) is 16.9. The van der Waals surface area contributed by atoms with Gasteiger partial charge in [0.15, 0.2) is 5.78 Å². The third-order valence-electron chi connectivity index (χ3n) is 3.12. The van der Waals surface area contributed by atoms with Crippen LogP contribution in [0.3, 0.4) is 0 Å². The minimum Gasteiger partial charge on any atom is -0.346 e. The van der Waals surface area contributed by atoms with Gasteiger partial charge in [-0.25, -0.2) is 0 Å². The lowest BCUT2D eigenvalue weighted by atomic mass is 9.95. The van der Waals surface area contributed by atoms with E-state index < -0.39 is 0 Å². The highest BCUT2D eigenvalue weighted by molar-refractivity contribution is 5.95. The number of ketones is 1. The second kappa shape index (κ2) is 8.06. The van der Waals surface area contributed by atoms with E-state index in [1.165, 1.54) is 0 Å². The number of rotatable bonds is 8. The Hall–Kier alpha value is -1.12. The quantitative estimate of drug-likeness (QED) is 0.492. The molecule has 0 aromatic rings. The topological polar surface area (TPSA) is 37.4 Å². The van der Waals surface area contributed by atoms with Crippen LogP contribution in [0.5, 0.6) is 0 Å². The lowest BCUT2D eigenvalue weighted by Crippen LogP contribution is -2.31. The van der Waals surface area contributed by atoms with Gasteiger partial charge < -0.3 is 4.90 Å². The maximum atomic E-state index is 11.6. The third kappa shape index (κ3) is 5.99. The zero-order valence-electron chi connectivity index (χ0n) is 12.5. The fourth-order valence-corrected chi connectivity index (χ4v) is 1.90. The molecule has 0 saturated heterocycles. The molecule has 0 aliphatic heterocycles. The molecule has 1 atom stereocenters. The summed E-state index contributed by atoms with van der Waals surface area (Å²) >= 11 is 0. The molecule has 18 heavy (non-hydrogen) atoms. The van der Waals surface area contributed by atoms with E-state index in [9.17, 15) is 9.59 Å². The zero-order chi connectivity index (χ0) is 14.3. The van der Waals surface area contributed by atoms with Crippen molar-refractivity contribution >= 4 is 11.7 Å². The van der Waals surface area contributed by atoms with Gasteiger partial charge in [-0.1, -0.05) is 33.8 Å². The SMILES string of the molecule is C=C(C)C(=O)C(C)CCCCN(C)C(=O)C(C)C. The van der Waals surface area contributed by atoms with Crippen molar-refractivity contribution < 1.29 is 9.59 Å². The Bertz CT molecular complexity index is 308. The van der Waals surface area contributed by atoms with Gasteiger partial charge in [0.2, 0.25) is 5.91 Å². The summed E-state index contributed by atoms with van der Waals surface area (Å²) in [6.07, 6.45) is 2.79. The van der Waals surface area contributed by atoms with Crippen LogP contribution in [-0.2, 0) is 9.59 Å². The first-order chi connectivity index (χ1) is 8.27. The molecule has 0 aromatic carbocycles. The van der Waals surface area contributed by atoms with Gasteiger partial charge in [-0.05, 0) is 25.3 Å². The highest BCUT2D eigenvalue weighted by Gasteiger charge is 2.14. The number of Topliss-reactive ketones (excluding diaryl/α,β-unsaturated/α-hetero) is 1. The first-order valence-corrected chi connectivity index (χ1v) is 6.72. The number of carbonyl (C=O) groups is 2. The van der Waals surface area contributed by atoms with Crippen LogP contribution in [0.1, 0.15) is 47.0 Å². The fourth-order valence-electron chi connectivity index (χ4n) is 1.90. The molecule has 0 aliphatic rings. The summed E-state index contributed by atoms with van der Waals surface area (Å²) in [5.41, 5.74) is 0.634. The lowest BCUT2D eigenvalue weighted by molar-refractivity contribution is -0.133. The molecule has 0 spiro atoms. The third-order valence-corrected chi connectivity index (χ3v) is 3.12. The van der Waals surface area contributed by atoms with Crippen LogP contribution in [0.4, 0.5) is 0 Å². The Kier molecular flexibility index (Phi) is 7.56. The van der Waals surface area contributed by atoms with Crippen LogP contribution in [0.2, 0.25) is 0 Å². The van der Waals surface area contributed by atoms with Crippen molar-refractivity contribution in [3.63, 3.8) is 0 Å². The van der Waals surface area contributed by atoms with Crippen molar-refractivity contribution in [1.82, 2.24) is 4.90 Å². The molecule has 0 radical (unpaired) electrons. The molecule has 0 N–H and O–H groups in total. The summed E-state index contributed by atoms with van der Waals surface area (Å²) < 4.78 is 0. The molecular formula is C15H27NO2. The summed E-state index contributed by atoms with van der Waals surface area (Å²) in [4.78, 5) is 25.0. The Morgan fingerprint density at radius 1 is 1.17 bits per heavy atom. The number of nitrogens with zero attached hydrogens (tertiary/aromatic N) is 1. The number of amides is 1. The van der Waals surface area contributed by atoms with Crippen LogP contribution in [0, 0.1) is 11.8 Å². The number of hydrogen-bond acceptors (Lipinski definition) is 2. The Balaban J connectivity index is 3.84. The summed E-state index contributed by atoms with van der Waals surface area (Å²) in [5, 5.41) is 0. The van der Waals surface area contributed by atoms with Crippen LogP contribution in [0.25, 0.3) is 0 Å². The molecular weight excluding hydrogens is 226 g/mol. The number of carbonyl (C=O) groups excluding carboxylic acids is 2. The van der Waals surface area contributed by atoms with Gasteiger partial charge in [0.1, 0.15) is 0 Å². The molecule has 0 aliphatic carbocycles. The Morgan fingerprint density at radius 3 is 2.17 bits per heavy atom. The number of allylic oxidation sites excluding steroid dienone is 1. The minimum atomic E-state index is 0.0496. The van der Waals surface area contributed by atoms with Crippen molar-refractivity contribution in [3.05, 3.63) is 12.2 Å². The standard InChI is InChI=1S/C15H27NO2/c1-11(2)14(17)13(5)9-7-8-10-16(6)15(18)12(3)4/h12-13H,1,7-10H2,2-6H3. The highest BCUT2D eigenvalue weighted by Crippen LogP contribution is 2.13. The average Bonchev–Trinajstić information content (AvgIpc) is 2.31. The van der Waals surface area contributed by atoms with Gasteiger partial charge in [0.05, 0.1) is 0 Å². The largest absolute Gasteiger partial charge is 0.346 e. The Labute approximate surface area is 111 Å². The van der Waals surface area contributed by atoms with E-state index in [0.29, 0.717) is 5.57 Å². The molecule has 104 valence electrons. The van der Waals surface area contributed by atoms with E-state index in [1.807, 2.05) is 27.8 Å². The van der Waals surface area contributed by atoms with Crippen LogP contribution in [-0.4, -0.2) is 30.2 Å². The van der Waals surface area contributed by atoms with Crippen LogP contribution < -0.4 is 0 Å². The molecule has 3 heteroatoms. The van der Waals surface area contributed by atoms with E-state index in [2.05, 4.69) is 6.58 Å². The predicted octanol–water partition coefficient (Wildman–Crippen LogP) is 3.05. The smallest absolute Gasteiger partial charge is 0.224 e. The van der Waals surface area contributed by atoms with Gasteiger partial charge in [-0.2, -0.15) is 0 Å². The van der Waals surface area contributed by atoms with Gasteiger partial charge in [0.25, 0.3) is 0 Å². The molecule has 0 bridgehead atoms. The number of unbranched alkanes of at least 4 members (excludes halogenated alkanes) is 1. The van der Waals surface area contributed by atoms with E-state index in [-0.39, 0.29) is 23.5 Å². The monoisotopic (exact) mass is 253 g/mol. The van der Waals surface area contributed by atoms with Crippen molar-refractivity contribution in [1.29, 1.82) is 0 Å². The second-order valence-electron chi connectivity index (χ2n) is 5.46. The molecule has 0 fully saturated rings. The number of hydrogen-bond donors (Lipinski definition) is 0. The van der Waals surface area contributed by atoms with Gasteiger partial charge in [-0.3, -0.25) is 9.59 Å². The van der Waals surface area contributed by atoms with Crippen molar-refractivity contribution in [2.24, 2.45) is 11.8 Å². The van der Waals surface area contributed by atoms with E-state index >= 15 is 0 Å². The summed E-state index contributed by atoms with van der Waals surface area (Å²) in [7, 11) is 1.84. The zero-order valence-corrected chi connectivity index (χ0v) is 12.5. The lowest BCUT2D eigenvalue weighted by Gasteiger charge is -2.19. The van der Waals surface area contributed by atoms with E-state index in [1.54, 1.807) is 11.8 Å². The molecule has 1 amide bonds. The predicted molar refractivity (Wildman–Crippen MR) is 75.3 cm³/mol. The normalized spacial score (nSPS) is 12.3. The van der Waals surface area contributed by atoms with Crippen LogP contribution >= 0.6 is 0 Å². The van der Waals surface area contributed by atoms with Crippen LogP contribution in [0.15, 0.2) is 12.2 Å². The maximum Gasteiger partial charge on any atom is 0.224 e. The molecule has 0 aromatic heterocycles. The van der Waals surface area contributed by atoms with Gasteiger partial charge >= 0.3 is 0 Å². The minimum absolute atomic E-state index is 0.0496. The van der Waals surface area contributed by atoms with Crippen molar-refractivity contribution in [3.8, 4) is 0 Å². The summed E-state index contributed by atoms with van der Waals surface area (Å²) in [6, 6.07) is 0. The van der Waals surface area contributed by atoms with E-state index in [4.69, 9.17) is 0 Å². The molecule has 0 heterocycles. The summed E-state index contributed by atoms with van der Waals surface area (Å²) in [5.74, 6) is 0.440. The Morgan fingerprint density at radius 2 is 1.72 bits per heavy atom. The first-order valence-electron chi connectivity index (χ1n) is 6.72. The molecule has 0 rings (SSSR count). The molecule has 0 saturated carbocycles. The molecule has 1 unspecified atom stereocenters. The highest BCUT2D eigenvalue weighted by atomic mass is 16.2. The van der Waals surface area contributed by atoms with Gasteiger partial charge in [0, 0.05) is 25.4 Å². The summed E-state index contributed by atoms with van der Waals surface area (Å²) in [6.45, 7) is 12.0. The van der Waals surface area contributed by atoms with Gasteiger partial charge in [-0.15, -0.1) is 0 Å². The molecule has 3 nitrogen and oxygen atoms in total.